The van der Waals surface area contributed by atoms with E-state index in [1.54, 1.807) is 6.26 Å². The van der Waals surface area contributed by atoms with E-state index in [9.17, 15) is 0 Å². The van der Waals surface area contributed by atoms with E-state index < -0.39 is 0 Å². The number of hydrogen-bond acceptors (Lipinski definition) is 3. The molecular weight excluding hydrogens is 140 g/mol. The van der Waals surface area contributed by atoms with Crippen LogP contribution in [0, 0.1) is 6.92 Å². The van der Waals surface area contributed by atoms with Gasteiger partial charge in [0, 0.05) is 13.0 Å². The van der Waals surface area contributed by atoms with Crippen molar-refractivity contribution in [3.63, 3.8) is 0 Å². The van der Waals surface area contributed by atoms with Gasteiger partial charge in [0.25, 0.3) is 0 Å². The Morgan fingerprint density at radius 2 is 2.45 bits per heavy atom. The molecule has 3 heteroatoms. The Morgan fingerprint density at radius 1 is 1.64 bits per heavy atom. The van der Waals surface area contributed by atoms with Crippen molar-refractivity contribution in [1.29, 1.82) is 0 Å². The molecule has 0 saturated carbocycles. The number of likely N-dealkylation sites (N-methyl/N-ethyl adjacent to an activating group) is 1. The Morgan fingerprint density at radius 3 is 3.00 bits per heavy atom. The van der Waals surface area contributed by atoms with E-state index in [2.05, 4.69) is 17.2 Å². The van der Waals surface area contributed by atoms with E-state index >= 15 is 0 Å². The molecule has 0 aromatic carbocycles. The summed E-state index contributed by atoms with van der Waals surface area (Å²) < 4.78 is 5.16. The van der Waals surface area contributed by atoms with Crippen LogP contribution in [0.1, 0.15) is 18.5 Å². The maximum Gasteiger partial charge on any atom is 0.195 e. The molecule has 0 unspecified atom stereocenters. The molecule has 0 amide bonds. The Bertz CT molecular complexity index is 208. The number of nitrogens with one attached hydrogen (secondary N) is 1. The van der Waals surface area contributed by atoms with Gasteiger partial charge in [0.05, 0.1) is 5.69 Å². The Kier molecular flexibility index (Phi) is 3.11. The predicted molar refractivity (Wildman–Crippen MR) is 43.5 cm³/mol. The molecule has 0 saturated heterocycles. The van der Waals surface area contributed by atoms with Gasteiger partial charge in [-0.05, 0) is 13.5 Å². The minimum absolute atomic E-state index is 0.823. The second kappa shape index (κ2) is 4.13. The average molecular weight is 154 g/mol. The summed E-state index contributed by atoms with van der Waals surface area (Å²) in [5, 5.41) is 3.21. The molecule has 1 aromatic rings. The summed E-state index contributed by atoms with van der Waals surface area (Å²) in [6.45, 7) is 5.96. The fourth-order valence-corrected chi connectivity index (χ4v) is 0.890. The van der Waals surface area contributed by atoms with E-state index in [1.165, 1.54) is 0 Å². The second-order valence-corrected chi connectivity index (χ2v) is 2.49. The van der Waals surface area contributed by atoms with Crippen molar-refractivity contribution in [3.05, 3.63) is 17.8 Å². The third-order valence-corrected chi connectivity index (χ3v) is 1.43. The lowest BCUT2D eigenvalue weighted by molar-refractivity contribution is 0.486. The number of oxazole rings is 1. The molecule has 0 bridgehead atoms. The van der Waals surface area contributed by atoms with Crippen molar-refractivity contribution in [2.24, 2.45) is 0 Å². The normalized spacial score (nSPS) is 10.4. The maximum absolute atomic E-state index is 5.16. The van der Waals surface area contributed by atoms with Crippen molar-refractivity contribution in [1.82, 2.24) is 10.3 Å². The second-order valence-electron chi connectivity index (χ2n) is 2.49. The molecule has 0 aliphatic carbocycles. The maximum atomic E-state index is 5.16. The van der Waals surface area contributed by atoms with Gasteiger partial charge in [-0.1, -0.05) is 6.92 Å². The Labute approximate surface area is 66.8 Å². The van der Waals surface area contributed by atoms with Crippen molar-refractivity contribution < 1.29 is 4.42 Å². The highest BCUT2D eigenvalue weighted by Crippen LogP contribution is 1.99. The van der Waals surface area contributed by atoms with Crippen LogP contribution >= 0.6 is 0 Å². The summed E-state index contributed by atoms with van der Waals surface area (Å²) in [4.78, 5) is 4.18. The fourth-order valence-electron chi connectivity index (χ4n) is 0.890. The zero-order chi connectivity index (χ0) is 8.10. The SMILES string of the molecule is CCNCCc1nc(C)co1. The van der Waals surface area contributed by atoms with Crippen molar-refractivity contribution >= 4 is 0 Å². The first-order chi connectivity index (χ1) is 5.33. The van der Waals surface area contributed by atoms with Crippen LogP contribution in [0.25, 0.3) is 0 Å². The molecule has 0 fully saturated rings. The van der Waals surface area contributed by atoms with E-state index in [0.717, 1.165) is 31.1 Å². The van der Waals surface area contributed by atoms with Crippen LogP contribution in [-0.4, -0.2) is 18.1 Å². The summed E-state index contributed by atoms with van der Waals surface area (Å²) in [6.07, 6.45) is 2.56. The molecule has 0 aliphatic rings. The lowest BCUT2D eigenvalue weighted by Gasteiger charge is -1.95. The Hall–Kier alpha value is -0.830. The highest BCUT2D eigenvalue weighted by molar-refractivity contribution is 4.92. The van der Waals surface area contributed by atoms with Gasteiger partial charge in [-0.3, -0.25) is 0 Å². The summed E-state index contributed by atoms with van der Waals surface area (Å²) in [5.41, 5.74) is 0.955. The zero-order valence-corrected chi connectivity index (χ0v) is 7.05. The zero-order valence-electron chi connectivity index (χ0n) is 7.05. The number of aryl methyl sites for hydroxylation is 1. The molecule has 0 radical (unpaired) electrons. The number of aromatic nitrogens is 1. The van der Waals surface area contributed by atoms with Gasteiger partial charge in [-0.15, -0.1) is 0 Å². The van der Waals surface area contributed by atoms with Crippen LogP contribution in [0.5, 0.6) is 0 Å². The van der Waals surface area contributed by atoms with Gasteiger partial charge in [-0.2, -0.15) is 0 Å². The van der Waals surface area contributed by atoms with Crippen LogP contribution < -0.4 is 5.32 Å². The number of rotatable bonds is 4. The number of nitrogens with zero attached hydrogens (tertiary/aromatic N) is 1. The molecule has 1 heterocycles. The van der Waals surface area contributed by atoms with E-state index in [-0.39, 0.29) is 0 Å². The molecule has 0 atom stereocenters. The molecule has 1 aromatic heterocycles. The van der Waals surface area contributed by atoms with Gasteiger partial charge in [0.2, 0.25) is 0 Å². The van der Waals surface area contributed by atoms with Crippen LogP contribution in [0.15, 0.2) is 10.7 Å². The summed E-state index contributed by atoms with van der Waals surface area (Å²) in [5.74, 6) is 0.823. The summed E-state index contributed by atoms with van der Waals surface area (Å²) in [7, 11) is 0. The van der Waals surface area contributed by atoms with Gasteiger partial charge in [0.1, 0.15) is 6.26 Å². The first kappa shape index (κ1) is 8.27. The molecule has 3 nitrogen and oxygen atoms in total. The third kappa shape index (κ3) is 2.72. The van der Waals surface area contributed by atoms with Crippen molar-refractivity contribution in [2.45, 2.75) is 20.3 Å². The molecule has 11 heavy (non-hydrogen) atoms. The minimum Gasteiger partial charge on any atom is -0.449 e. The van der Waals surface area contributed by atoms with Crippen molar-refractivity contribution in [3.8, 4) is 0 Å². The average Bonchev–Trinajstić information content (AvgIpc) is 2.37. The molecule has 62 valence electrons. The van der Waals surface area contributed by atoms with Crippen LogP contribution in [0.4, 0.5) is 0 Å². The Balaban J connectivity index is 2.27. The van der Waals surface area contributed by atoms with Gasteiger partial charge < -0.3 is 9.73 Å². The molecular formula is C8H14N2O. The van der Waals surface area contributed by atoms with Gasteiger partial charge in [0.15, 0.2) is 5.89 Å². The van der Waals surface area contributed by atoms with Crippen molar-refractivity contribution in [2.75, 3.05) is 13.1 Å². The smallest absolute Gasteiger partial charge is 0.195 e. The fraction of sp³-hybridized carbons (Fsp3) is 0.625. The van der Waals surface area contributed by atoms with E-state index in [4.69, 9.17) is 4.42 Å². The highest BCUT2D eigenvalue weighted by Gasteiger charge is 1.97. The first-order valence-electron chi connectivity index (χ1n) is 3.94. The van der Waals surface area contributed by atoms with Gasteiger partial charge in [-0.25, -0.2) is 4.98 Å². The van der Waals surface area contributed by atoms with Crippen LogP contribution in [-0.2, 0) is 6.42 Å². The summed E-state index contributed by atoms with van der Waals surface area (Å²) in [6, 6.07) is 0. The lowest BCUT2D eigenvalue weighted by Crippen LogP contribution is -2.16. The van der Waals surface area contributed by atoms with E-state index in [0.29, 0.717) is 0 Å². The first-order valence-corrected chi connectivity index (χ1v) is 3.94. The molecule has 0 spiro atoms. The van der Waals surface area contributed by atoms with Gasteiger partial charge >= 0.3 is 0 Å². The monoisotopic (exact) mass is 154 g/mol. The molecule has 0 aliphatic heterocycles. The quantitative estimate of drug-likeness (QED) is 0.661. The van der Waals surface area contributed by atoms with Crippen LogP contribution in [0.3, 0.4) is 0 Å². The van der Waals surface area contributed by atoms with Crippen LogP contribution in [0.2, 0.25) is 0 Å². The third-order valence-electron chi connectivity index (χ3n) is 1.43. The number of hydrogen-bond donors (Lipinski definition) is 1. The lowest BCUT2D eigenvalue weighted by atomic mass is 10.4. The molecule has 1 N–H and O–H groups in total. The predicted octanol–water partition coefficient (Wildman–Crippen LogP) is 1.14. The summed E-state index contributed by atoms with van der Waals surface area (Å²) >= 11 is 0. The minimum atomic E-state index is 0.823. The topological polar surface area (TPSA) is 38.1 Å². The highest BCUT2D eigenvalue weighted by atomic mass is 16.3. The largest absolute Gasteiger partial charge is 0.449 e. The standard InChI is InChI=1S/C8H14N2O/c1-3-9-5-4-8-10-7(2)6-11-8/h6,9H,3-5H2,1-2H3. The van der Waals surface area contributed by atoms with E-state index in [1.807, 2.05) is 6.92 Å². The molecule has 1 rings (SSSR count).